The van der Waals surface area contributed by atoms with Crippen molar-refractivity contribution in [3.8, 4) is 5.75 Å². The first kappa shape index (κ1) is 14.1. The zero-order chi connectivity index (χ0) is 15.0. The van der Waals surface area contributed by atoms with Crippen LogP contribution in [0.1, 0.15) is 50.1 Å². The van der Waals surface area contributed by atoms with E-state index < -0.39 is 0 Å². The molecule has 0 spiro atoms. The molecule has 3 unspecified atom stereocenters. The molecule has 0 saturated heterocycles. The Morgan fingerprint density at radius 1 is 1.24 bits per heavy atom. The van der Waals surface area contributed by atoms with Gasteiger partial charge in [0.25, 0.3) is 0 Å². The Kier molecular flexibility index (Phi) is 3.68. The van der Waals surface area contributed by atoms with E-state index in [2.05, 4.69) is 30.1 Å². The Balaban J connectivity index is 1.80. The number of nitrogens with two attached hydrogens (primary N) is 1. The van der Waals surface area contributed by atoms with Crippen molar-refractivity contribution >= 4 is 0 Å². The third kappa shape index (κ3) is 2.65. The van der Waals surface area contributed by atoms with Gasteiger partial charge in [0.2, 0.25) is 11.7 Å². The van der Waals surface area contributed by atoms with Gasteiger partial charge < -0.3 is 15.0 Å². The van der Waals surface area contributed by atoms with Gasteiger partial charge in [-0.3, -0.25) is 0 Å². The molecule has 2 aromatic rings. The van der Waals surface area contributed by atoms with Gasteiger partial charge in [0.05, 0.1) is 5.92 Å². The minimum atomic E-state index is -0.166. The normalized spacial score (nSPS) is 20.1. The van der Waals surface area contributed by atoms with Gasteiger partial charge in [0.15, 0.2) is 6.10 Å². The molecule has 3 rings (SSSR count). The van der Waals surface area contributed by atoms with E-state index in [9.17, 15) is 0 Å². The second-order valence-corrected chi connectivity index (χ2v) is 6.04. The Morgan fingerprint density at radius 3 is 2.67 bits per heavy atom. The zero-order valence-corrected chi connectivity index (χ0v) is 12.6. The van der Waals surface area contributed by atoms with Crippen molar-refractivity contribution in [3.63, 3.8) is 0 Å². The lowest BCUT2D eigenvalue weighted by Crippen LogP contribution is -2.28. The molecule has 1 aromatic carbocycles. The summed E-state index contributed by atoms with van der Waals surface area (Å²) in [6.07, 6.45) is 0.612. The maximum absolute atomic E-state index is 6.04. The molecule has 3 atom stereocenters. The van der Waals surface area contributed by atoms with Gasteiger partial charge in [-0.25, -0.2) is 0 Å². The van der Waals surface area contributed by atoms with Gasteiger partial charge in [-0.2, -0.15) is 4.98 Å². The monoisotopic (exact) mass is 287 g/mol. The number of nitrogens with zero attached hydrogens (tertiary/aromatic N) is 2. The lowest BCUT2D eigenvalue weighted by Gasteiger charge is -2.20. The third-order valence-electron chi connectivity index (χ3n) is 3.96. The van der Waals surface area contributed by atoms with Crippen LogP contribution in [0.2, 0.25) is 0 Å². The lowest BCUT2D eigenvalue weighted by atomic mass is 9.90. The van der Waals surface area contributed by atoms with Gasteiger partial charge in [0, 0.05) is 12.5 Å². The molecule has 21 heavy (non-hydrogen) atoms. The molecule has 1 aliphatic heterocycles. The summed E-state index contributed by atoms with van der Waals surface area (Å²) in [6, 6.07) is 7.98. The summed E-state index contributed by atoms with van der Waals surface area (Å²) < 4.78 is 11.3. The number of para-hydroxylation sites is 1. The van der Waals surface area contributed by atoms with E-state index in [4.69, 9.17) is 15.0 Å². The van der Waals surface area contributed by atoms with E-state index >= 15 is 0 Å². The van der Waals surface area contributed by atoms with Gasteiger partial charge in [0.1, 0.15) is 5.75 Å². The highest BCUT2D eigenvalue weighted by Crippen LogP contribution is 2.36. The molecule has 1 aliphatic rings. The SMILES string of the molecule is CC(C)C(c1nc(C2Cc3ccccc3O2)no1)C(C)N. The summed E-state index contributed by atoms with van der Waals surface area (Å²) in [5, 5.41) is 4.10. The summed E-state index contributed by atoms with van der Waals surface area (Å²) in [5.74, 6) is 2.53. The number of fused-ring (bicyclic) bond motifs is 1. The van der Waals surface area contributed by atoms with Gasteiger partial charge in [-0.05, 0) is 24.5 Å². The van der Waals surface area contributed by atoms with Crippen LogP contribution in [-0.4, -0.2) is 16.2 Å². The van der Waals surface area contributed by atoms with Crippen molar-refractivity contribution < 1.29 is 9.26 Å². The summed E-state index contributed by atoms with van der Waals surface area (Å²) in [5.41, 5.74) is 7.22. The molecule has 0 aliphatic carbocycles. The Morgan fingerprint density at radius 2 is 2.00 bits per heavy atom. The van der Waals surface area contributed by atoms with E-state index in [1.54, 1.807) is 0 Å². The molecule has 0 fully saturated rings. The second-order valence-electron chi connectivity index (χ2n) is 6.04. The van der Waals surface area contributed by atoms with Crippen LogP contribution in [0.15, 0.2) is 28.8 Å². The second kappa shape index (κ2) is 5.48. The molecule has 1 aromatic heterocycles. The van der Waals surface area contributed by atoms with Crippen LogP contribution in [0, 0.1) is 5.92 Å². The molecule has 112 valence electrons. The van der Waals surface area contributed by atoms with E-state index in [-0.39, 0.29) is 18.1 Å². The standard InChI is InChI=1S/C16H21N3O2/c1-9(2)14(10(3)17)16-18-15(19-21-16)13-8-11-6-4-5-7-12(11)20-13/h4-7,9-10,13-14H,8,17H2,1-3H3. The highest BCUT2D eigenvalue weighted by atomic mass is 16.5. The lowest BCUT2D eigenvalue weighted by molar-refractivity contribution is 0.220. The van der Waals surface area contributed by atoms with Crippen molar-refractivity contribution in [3.05, 3.63) is 41.5 Å². The number of aromatic nitrogens is 2. The van der Waals surface area contributed by atoms with Crippen LogP contribution in [0.3, 0.4) is 0 Å². The van der Waals surface area contributed by atoms with Gasteiger partial charge in [-0.1, -0.05) is 37.2 Å². The average Bonchev–Trinajstić information content (AvgIpc) is 3.03. The Labute approximate surface area is 124 Å². The maximum Gasteiger partial charge on any atom is 0.231 e. The maximum atomic E-state index is 6.04. The predicted molar refractivity (Wildman–Crippen MR) is 79.0 cm³/mol. The number of rotatable bonds is 4. The fraction of sp³-hybridized carbons (Fsp3) is 0.500. The first-order chi connectivity index (χ1) is 10.1. The summed E-state index contributed by atoms with van der Waals surface area (Å²) >= 11 is 0. The number of ether oxygens (including phenoxy) is 1. The quantitative estimate of drug-likeness (QED) is 0.936. The first-order valence-corrected chi connectivity index (χ1v) is 7.40. The third-order valence-corrected chi connectivity index (χ3v) is 3.96. The largest absolute Gasteiger partial charge is 0.482 e. The highest BCUT2D eigenvalue weighted by Gasteiger charge is 2.31. The fourth-order valence-electron chi connectivity index (χ4n) is 2.96. The van der Waals surface area contributed by atoms with E-state index in [0.29, 0.717) is 17.6 Å². The smallest absolute Gasteiger partial charge is 0.231 e. The molecule has 0 radical (unpaired) electrons. The number of hydrogen-bond donors (Lipinski definition) is 1. The van der Waals surface area contributed by atoms with Crippen LogP contribution in [0.25, 0.3) is 0 Å². The van der Waals surface area contributed by atoms with Crippen LogP contribution in [0.5, 0.6) is 5.75 Å². The summed E-state index contributed by atoms with van der Waals surface area (Å²) in [6.45, 7) is 6.19. The molecule has 0 amide bonds. The fourth-order valence-corrected chi connectivity index (χ4v) is 2.96. The first-order valence-electron chi connectivity index (χ1n) is 7.40. The van der Waals surface area contributed by atoms with Gasteiger partial charge in [-0.15, -0.1) is 0 Å². The molecule has 5 nitrogen and oxygen atoms in total. The topological polar surface area (TPSA) is 74.2 Å². The van der Waals surface area contributed by atoms with E-state index in [1.807, 2.05) is 25.1 Å². The van der Waals surface area contributed by atoms with Crippen molar-refractivity contribution in [1.82, 2.24) is 10.1 Å². The summed E-state index contributed by atoms with van der Waals surface area (Å²) in [4.78, 5) is 4.54. The molecule has 0 saturated carbocycles. The van der Waals surface area contributed by atoms with Gasteiger partial charge >= 0.3 is 0 Å². The molecular formula is C16H21N3O2. The van der Waals surface area contributed by atoms with Crippen LogP contribution >= 0.6 is 0 Å². The molecule has 5 heteroatoms. The highest BCUT2D eigenvalue weighted by molar-refractivity contribution is 5.37. The molecular weight excluding hydrogens is 266 g/mol. The Bertz CT molecular complexity index is 588. The minimum absolute atomic E-state index is 0.0278. The minimum Gasteiger partial charge on any atom is -0.482 e. The van der Waals surface area contributed by atoms with Crippen LogP contribution in [0.4, 0.5) is 0 Å². The van der Waals surface area contributed by atoms with Crippen molar-refractivity contribution in [2.75, 3.05) is 0 Å². The molecule has 2 N–H and O–H groups in total. The van der Waals surface area contributed by atoms with E-state index in [1.165, 1.54) is 5.56 Å². The van der Waals surface area contributed by atoms with Crippen molar-refractivity contribution in [2.24, 2.45) is 11.7 Å². The van der Waals surface area contributed by atoms with Crippen LogP contribution in [-0.2, 0) is 6.42 Å². The average molecular weight is 287 g/mol. The van der Waals surface area contributed by atoms with E-state index in [0.717, 1.165) is 12.2 Å². The number of benzene rings is 1. The van der Waals surface area contributed by atoms with Crippen molar-refractivity contribution in [2.45, 2.75) is 45.3 Å². The molecule has 2 heterocycles. The number of hydrogen-bond acceptors (Lipinski definition) is 5. The predicted octanol–water partition coefficient (Wildman–Crippen LogP) is 2.83. The zero-order valence-electron chi connectivity index (χ0n) is 12.6. The van der Waals surface area contributed by atoms with Crippen LogP contribution < -0.4 is 10.5 Å². The Hall–Kier alpha value is -1.88. The van der Waals surface area contributed by atoms with Crippen molar-refractivity contribution in [1.29, 1.82) is 0 Å². The molecule has 0 bridgehead atoms. The summed E-state index contributed by atoms with van der Waals surface area (Å²) in [7, 11) is 0.